The number of nitrogens with zero attached hydrogens (tertiary/aromatic N) is 1. The molecule has 6 nitrogen and oxygen atoms in total. The third-order valence-electron chi connectivity index (χ3n) is 4.14. The van der Waals surface area contributed by atoms with E-state index >= 15 is 0 Å². The van der Waals surface area contributed by atoms with E-state index in [1.54, 1.807) is 45.6 Å². The van der Waals surface area contributed by atoms with Crippen LogP contribution in [0.5, 0.6) is 17.2 Å². The molecule has 0 spiro atoms. The second-order valence-electron chi connectivity index (χ2n) is 5.70. The van der Waals surface area contributed by atoms with Crippen molar-refractivity contribution in [3.8, 4) is 39.8 Å². The zero-order valence-corrected chi connectivity index (χ0v) is 15.2. The minimum atomic E-state index is -0.958. The maximum atomic E-state index is 11.0. The predicted octanol–water partition coefficient (Wildman–Crippen LogP) is 4.14. The second-order valence-corrected chi connectivity index (χ2v) is 5.70. The Hall–Kier alpha value is -3.54. The zero-order chi connectivity index (χ0) is 19.4. The molecule has 0 fully saturated rings. The zero-order valence-electron chi connectivity index (χ0n) is 15.2. The molecule has 0 saturated heterocycles. The third kappa shape index (κ3) is 3.69. The summed E-state index contributed by atoms with van der Waals surface area (Å²) in [4.78, 5) is 15.7. The normalized spacial score (nSPS) is 10.3. The van der Waals surface area contributed by atoms with Crippen molar-refractivity contribution < 1.29 is 24.1 Å². The molecule has 0 aliphatic rings. The van der Waals surface area contributed by atoms with Gasteiger partial charge in [0.05, 0.1) is 38.3 Å². The summed E-state index contributed by atoms with van der Waals surface area (Å²) in [5.41, 5.74) is 3.34. The lowest BCUT2D eigenvalue weighted by molar-refractivity contribution is 0.0697. The average molecular weight is 365 g/mol. The number of methoxy groups -OCH3 is 3. The molecule has 27 heavy (non-hydrogen) atoms. The van der Waals surface area contributed by atoms with Crippen LogP contribution in [0.25, 0.3) is 22.5 Å². The van der Waals surface area contributed by atoms with Gasteiger partial charge < -0.3 is 19.3 Å². The lowest BCUT2D eigenvalue weighted by Gasteiger charge is -2.14. The second kappa shape index (κ2) is 7.78. The van der Waals surface area contributed by atoms with Crippen LogP contribution in [0.1, 0.15) is 10.4 Å². The monoisotopic (exact) mass is 365 g/mol. The van der Waals surface area contributed by atoms with E-state index < -0.39 is 5.97 Å². The van der Waals surface area contributed by atoms with Crippen molar-refractivity contribution >= 4 is 5.97 Å². The van der Waals surface area contributed by atoms with Gasteiger partial charge in [0.15, 0.2) is 11.5 Å². The van der Waals surface area contributed by atoms with E-state index in [-0.39, 0.29) is 5.56 Å². The molecule has 0 radical (unpaired) electrons. The van der Waals surface area contributed by atoms with E-state index in [1.165, 1.54) is 0 Å². The molecule has 0 bridgehead atoms. The van der Waals surface area contributed by atoms with Crippen molar-refractivity contribution in [2.24, 2.45) is 0 Å². The first-order valence-corrected chi connectivity index (χ1v) is 8.18. The summed E-state index contributed by atoms with van der Waals surface area (Å²) >= 11 is 0. The van der Waals surface area contributed by atoms with Gasteiger partial charge >= 0.3 is 5.97 Å². The molecule has 0 atom stereocenters. The van der Waals surface area contributed by atoms with Crippen LogP contribution in [-0.4, -0.2) is 37.4 Å². The predicted molar refractivity (Wildman–Crippen MR) is 102 cm³/mol. The van der Waals surface area contributed by atoms with Crippen LogP contribution in [0.4, 0.5) is 0 Å². The number of hydrogen-bond donors (Lipinski definition) is 1. The SMILES string of the molecule is COc1cc(-c2cccc(-c3ccc(C(=O)O)cc3)n2)cc(OC)c1OC. The summed E-state index contributed by atoms with van der Waals surface area (Å²) in [6.07, 6.45) is 0. The van der Waals surface area contributed by atoms with Gasteiger partial charge in [0, 0.05) is 11.1 Å². The summed E-state index contributed by atoms with van der Waals surface area (Å²) in [5.74, 6) is 0.652. The molecule has 3 rings (SSSR count). The molecule has 0 saturated carbocycles. The molecule has 1 heterocycles. The molecule has 0 aliphatic carbocycles. The van der Waals surface area contributed by atoms with E-state index in [1.807, 2.05) is 30.3 Å². The molecule has 3 aromatic rings. The first-order valence-electron chi connectivity index (χ1n) is 8.18. The van der Waals surface area contributed by atoms with E-state index in [2.05, 4.69) is 0 Å². The number of rotatable bonds is 6. The Balaban J connectivity index is 2.04. The summed E-state index contributed by atoms with van der Waals surface area (Å²) in [6.45, 7) is 0. The average Bonchev–Trinajstić information content (AvgIpc) is 2.72. The van der Waals surface area contributed by atoms with Crippen LogP contribution in [0, 0.1) is 0 Å². The highest BCUT2D eigenvalue weighted by atomic mass is 16.5. The molecular weight excluding hydrogens is 346 g/mol. The van der Waals surface area contributed by atoms with Gasteiger partial charge in [-0.15, -0.1) is 0 Å². The number of carboxylic acid groups (broad SMARTS) is 1. The van der Waals surface area contributed by atoms with Crippen molar-refractivity contribution in [1.82, 2.24) is 4.98 Å². The molecule has 1 N–H and O–H groups in total. The molecular formula is C21H19NO5. The summed E-state index contributed by atoms with van der Waals surface area (Å²) in [5, 5.41) is 9.03. The number of ether oxygens (including phenoxy) is 3. The van der Waals surface area contributed by atoms with E-state index in [4.69, 9.17) is 24.3 Å². The highest BCUT2D eigenvalue weighted by molar-refractivity contribution is 5.88. The molecule has 0 amide bonds. The van der Waals surface area contributed by atoms with Gasteiger partial charge in [-0.3, -0.25) is 0 Å². The fourth-order valence-corrected chi connectivity index (χ4v) is 2.77. The Labute approximate surface area is 157 Å². The molecule has 1 aromatic heterocycles. The highest BCUT2D eigenvalue weighted by Crippen LogP contribution is 2.41. The number of aromatic carboxylic acids is 1. The van der Waals surface area contributed by atoms with Crippen LogP contribution in [0.15, 0.2) is 54.6 Å². The van der Waals surface area contributed by atoms with Crippen LogP contribution >= 0.6 is 0 Å². The van der Waals surface area contributed by atoms with Crippen molar-refractivity contribution in [2.75, 3.05) is 21.3 Å². The van der Waals surface area contributed by atoms with Crippen molar-refractivity contribution in [3.63, 3.8) is 0 Å². The highest BCUT2D eigenvalue weighted by Gasteiger charge is 2.15. The van der Waals surface area contributed by atoms with Crippen molar-refractivity contribution in [1.29, 1.82) is 0 Å². The first-order chi connectivity index (χ1) is 13.1. The fraction of sp³-hybridized carbons (Fsp3) is 0.143. The summed E-state index contributed by atoms with van der Waals surface area (Å²) in [6, 6.07) is 15.9. The van der Waals surface area contributed by atoms with Gasteiger partial charge in [-0.05, 0) is 36.4 Å². The topological polar surface area (TPSA) is 77.9 Å². The standard InChI is InChI=1S/C21H19NO5/c1-25-18-11-15(12-19(26-2)20(18)27-3)17-6-4-5-16(22-17)13-7-9-14(10-8-13)21(23)24/h4-12H,1-3H3,(H,23,24). The summed E-state index contributed by atoms with van der Waals surface area (Å²) < 4.78 is 16.2. The number of benzene rings is 2. The Morgan fingerprint density at radius 3 is 1.85 bits per heavy atom. The molecule has 138 valence electrons. The van der Waals surface area contributed by atoms with Crippen LogP contribution < -0.4 is 14.2 Å². The molecule has 6 heteroatoms. The molecule has 2 aromatic carbocycles. The van der Waals surface area contributed by atoms with E-state index in [9.17, 15) is 4.79 Å². The van der Waals surface area contributed by atoms with Crippen LogP contribution in [0.2, 0.25) is 0 Å². The van der Waals surface area contributed by atoms with Crippen molar-refractivity contribution in [2.45, 2.75) is 0 Å². The fourth-order valence-electron chi connectivity index (χ4n) is 2.77. The Kier molecular flexibility index (Phi) is 5.26. The van der Waals surface area contributed by atoms with Crippen LogP contribution in [-0.2, 0) is 0 Å². The largest absolute Gasteiger partial charge is 0.493 e. The number of aromatic nitrogens is 1. The number of pyridine rings is 1. The Morgan fingerprint density at radius 1 is 0.815 bits per heavy atom. The quantitative estimate of drug-likeness (QED) is 0.707. The third-order valence-corrected chi connectivity index (χ3v) is 4.14. The smallest absolute Gasteiger partial charge is 0.335 e. The van der Waals surface area contributed by atoms with Crippen LogP contribution in [0.3, 0.4) is 0 Å². The van der Waals surface area contributed by atoms with Crippen molar-refractivity contribution in [3.05, 3.63) is 60.2 Å². The van der Waals surface area contributed by atoms with Gasteiger partial charge in [-0.2, -0.15) is 0 Å². The van der Waals surface area contributed by atoms with Gasteiger partial charge in [0.25, 0.3) is 0 Å². The Morgan fingerprint density at radius 2 is 1.37 bits per heavy atom. The lowest BCUT2D eigenvalue weighted by atomic mass is 10.1. The minimum Gasteiger partial charge on any atom is -0.493 e. The minimum absolute atomic E-state index is 0.236. The first kappa shape index (κ1) is 18.3. The van der Waals surface area contributed by atoms with Gasteiger partial charge in [0.1, 0.15) is 0 Å². The molecule has 0 unspecified atom stereocenters. The lowest BCUT2D eigenvalue weighted by Crippen LogP contribution is -1.97. The maximum Gasteiger partial charge on any atom is 0.335 e. The van der Waals surface area contributed by atoms with Gasteiger partial charge in [-0.1, -0.05) is 18.2 Å². The van der Waals surface area contributed by atoms with E-state index in [0.29, 0.717) is 17.2 Å². The Bertz CT molecular complexity index is 942. The summed E-state index contributed by atoms with van der Waals surface area (Å²) in [7, 11) is 4.68. The molecule has 0 aliphatic heterocycles. The number of hydrogen-bond acceptors (Lipinski definition) is 5. The number of carboxylic acids is 1. The van der Waals surface area contributed by atoms with E-state index in [0.717, 1.165) is 22.5 Å². The maximum absolute atomic E-state index is 11.0. The number of carbonyl (C=O) groups is 1. The van der Waals surface area contributed by atoms with Gasteiger partial charge in [-0.25, -0.2) is 9.78 Å². The van der Waals surface area contributed by atoms with Gasteiger partial charge in [0.2, 0.25) is 5.75 Å².